The van der Waals surface area contributed by atoms with Gasteiger partial charge in [0.25, 0.3) is 0 Å². The first-order valence-electron chi connectivity index (χ1n) is 6.02. The standard InChI is InChI=1S/C12H20O4/c13-7-5-3-1-2-4-6-9-10(14)8-11(15)12(9)16/h9,11,13,15H,1-8H2. The van der Waals surface area contributed by atoms with Gasteiger partial charge < -0.3 is 10.2 Å². The highest BCUT2D eigenvalue weighted by Crippen LogP contribution is 2.23. The molecule has 0 aromatic carbocycles. The average molecular weight is 228 g/mol. The van der Waals surface area contributed by atoms with E-state index in [1.165, 1.54) is 0 Å². The number of rotatable bonds is 7. The van der Waals surface area contributed by atoms with Gasteiger partial charge in [-0.15, -0.1) is 0 Å². The number of ketones is 2. The highest BCUT2D eigenvalue weighted by atomic mass is 16.3. The first-order chi connectivity index (χ1) is 7.66. The molecule has 1 rings (SSSR count). The monoisotopic (exact) mass is 228 g/mol. The van der Waals surface area contributed by atoms with Crippen LogP contribution in [0.2, 0.25) is 0 Å². The van der Waals surface area contributed by atoms with Gasteiger partial charge in [-0.1, -0.05) is 25.7 Å². The molecule has 0 saturated heterocycles. The minimum absolute atomic E-state index is 0.00795. The van der Waals surface area contributed by atoms with E-state index in [1.54, 1.807) is 0 Å². The minimum Gasteiger partial charge on any atom is -0.396 e. The van der Waals surface area contributed by atoms with Crippen molar-refractivity contribution in [1.29, 1.82) is 0 Å². The third-order valence-electron chi connectivity index (χ3n) is 3.11. The van der Waals surface area contributed by atoms with Crippen LogP contribution in [0.25, 0.3) is 0 Å². The number of carbonyl (C=O) groups excluding carboxylic acids is 2. The summed E-state index contributed by atoms with van der Waals surface area (Å²) in [6.07, 6.45) is 4.20. The van der Waals surface area contributed by atoms with Crippen molar-refractivity contribution < 1.29 is 19.8 Å². The molecule has 0 heterocycles. The van der Waals surface area contributed by atoms with Gasteiger partial charge in [0.05, 0.1) is 5.92 Å². The van der Waals surface area contributed by atoms with Crippen LogP contribution in [-0.2, 0) is 9.59 Å². The molecule has 0 amide bonds. The van der Waals surface area contributed by atoms with Crippen molar-refractivity contribution in [3.63, 3.8) is 0 Å². The first kappa shape index (κ1) is 13.3. The maximum Gasteiger partial charge on any atom is 0.172 e. The van der Waals surface area contributed by atoms with E-state index in [1.807, 2.05) is 0 Å². The molecule has 0 spiro atoms. The zero-order chi connectivity index (χ0) is 12.0. The first-order valence-corrected chi connectivity index (χ1v) is 6.02. The lowest BCUT2D eigenvalue weighted by molar-refractivity contribution is -0.130. The fraction of sp³-hybridized carbons (Fsp3) is 0.833. The summed E-state index contributed by atoms with van der Waals surface area (Å²) in [6, 6.07) is 0. The zero-order valence-corrected chi connectivity index (χ0v) is 9.52. The summed E-state index contributed by atoms with van der Waals surface area (Å²) in [4.78, 5) is 22.7. The Labute approximate surface area is 95.7 Å². The molecule has 1 saturated carbocycles. The van der Waals surface area contributed by atoms with Crippen LogP contribution >= 0.6 is 0 Å². The molecule has 0 aliphatic heterocycles. The molecule has 2 atom stereocenters. The summed E-state index contributed by atoms with van der Waals surface area (Å²) >= 11 is 0. The third-order valence-corrected chi connectivity index (χ3v) is 3.11. The van der Waals surface area contributed by atoms with Crippen molar-refractivity contribution in [3.8, 4) is 0 Å². The molecule has 4 heteroatoms. The molecular weight excluding hydrogens is 208 g/mol. The molecule has 1 aliphatic rings. The second-order valence-corrected chi connectivity index (χ2v) is 4.42. The molecule has 2 unspecified atom stereocenters. The van der Waals surface area contributed by atoms with Gasteiger partial charge in [0.15, 0.2) is 5.78 Å². The lowest BCUT2D eigenvalue weighted by Gasteiger charge is -2.06. The van der Waals surface area contributed by atoms with E-state index < -0.39 is 12.0 Å². The molecule has 16 heavy (non-hydrogen) atoms. The van der Waals surface area contributed by atoms with E-state index in [2.05, 4.69) is 0 Å². The van der Waals surface area contributed by atoms with Gasteiger partial charge in [0, 0.05) is 13.0 Å². The summed E-state index contributed by atoms with van der Waals surface area (Å²) in [5.74, 6) is -0.943. The summed E-state index contributed by atoms with van der Waals surface area (Å²) in [5, 5.41) is 17.8. The normalized spacial score (nSPS) is 25.4. The van der Waals surface area contributed by atoms with Crippen molar-refractivity contribution in [2.24, 2.45) is 5.92 Å². The highest BCUT2D eigenvalue weighted by Gasteiger charge is 2.39. The summed E-state index contributed by atoms with van der Waals surface area (Å²) in [7, 11) is 0. The number of unbranched alkanes of at least 4 members (excludes halogenated alkanes) is 4. The quantitative estimate of drug-likeness (QED) is 0.500. The Balaban J connectivity index is 2.13. The van der Waals surface area contributed by atoms with Gasteiger partial charge in [-0.2, -0.15) is 0 Å². The Kier molecular flexibility index (Phi) is 5.63. The van der Waals surface area contributed by atoms with E-state index in [0.717, 1.165) is 32.1 Å². The van der Waals surface area contributed by atoms with Crippen LogP contribution in [0.3, 0.4) is 0 Å². The Morgan fingerprint density at radius 1 is 1.06 bits per heavy atom. The fourth-order valence-electron chi connectivity index (χ4n) is 2.12. The zero-order valence-electron chi connectivity index (χ0n) is 9.52. The number of hydrogen-bond donors (Lipinski definition) is 2. The molecule has 2 N–H and O–H groups in total. The van der Waals surface area contributed by atoms with E-state index in [-0.39, 0.29) is 24.6 Å². The third kappa shape index (κ3) is 3.68. The van der Waals surface area contributed by atoms with Crippen molar-refractivity contribution >= 4 is 11.6 Å². The molecule has 0 aromatic rings. The summed E-state index contributed by atoms with van der Waals surface area (Å²) < 4.78 is 0. The predicted octanol–water partition coefficient (Wildman–Crippen LogP) is 0.838. The molecular formula is C12H20O4. The number of aliphatic hydroxyl groups is 2. The molecule has 0 radical (unpaired) electrons. The van der Waals surface area contributed by atoms with Gasteiger partial charge in [0.1, 0.15) is 11.9 Å². The van der Waals surface area contributed by atoms with Gasteiger partial charge in [-0.3, -0.25) is 9.59 Å². The number of aliphatic hydroxyl groups excluding tert-OH is 2. The molecule has 0 aromatic heterocycles. The molecule has 4 nitrogen and oxygen atoms in total. The molecule has 92 valence electrons. The van der Waals surface area contributed by atoms with Crippen molar-refractivity contribution in [3.05, 3.63) is 0 Å². The van der Waals surface area contributed by atoms with Gasteiger partial charge in [0.2, 0.25) is 0 Å². The number of hydrogen-bond acceptors (Lipinski definition) is 4. The van der Waals surface area contributed by atoms with Crippen molar-refractivity contribution in [1.82, 2.24) is 0 Å². The lowest BCUT2D eigenvalue weighted by Crippen LogP contribution is -2.19. The second-order valence-electron chi connectivity index (χ2n) is 4.42. The number of carbonyl (C=O) groups is 2. The Bertz CT molecular complexity index is 249. The fourth-order valence-corrected chi connectivity index (χ4v) is 2.12. The van der Waals surface area contributed by atoms with Crippen molar-refractivity contribution in [2.45, 2.75) is 51.0 Å². The van der Waals surface area contributed by atoms with Crippen LogP contribution in [0.4, 0.5) is 0 Å². The van der Waals surface area contributed by atoms with E-state index in [9.17, 15) is 14.7 Å². The lowest BCUT2D eigenvalue weighted by atomic mass is 9.97. The summed E-state index contributed by atoms with van der Waals surface area (Å²) in [5.41, 5.74) is 0. The smallest absolute Gasteiger partial charge is 0.172 e. The average Bonchev–Trinajstić information content (AvgIpc) is 2.49. The van der Waals surface area contributed by atoms with Crippen LogP contribution in [0, 0.1) is 5.92 Å². The van der Waals surface area contributed by atoms with E-state index >= 15 is 0 Å². The number of Topliss-reactive ketones (excluding diaryl/α,β-unsaturated/α-hetero) is 2. The second kappa shape index (κ2) is 6.76. The largest absolute Gasteiger partial charge is 0.396 e. The van der Waals surface area contributed by atoms with Crippen LogP contribution < -0.4 is 0 Å². The SMILES string of the molecule is O=C1CC(O)C(=O)C1CCCCCCCO. The van der Waals surface area contributed by atoms with Crippen LogP contribution in [0.1, 0.15) is 44.9 Å². The maximum absolute atomic E-state index is 11.4. The molecule has 1 aliphatic carbocycles. The topological polar surface area (TPSA) is 74.6 Å². The highest BCUT2D eigenvalue weighted by molar-refractivity contribution is 6.11. The minimum atomic E-state index is -1.05. The predicted molar refractivity (Wildman–Crippen MR) is 58.9 cm³/mol. The molecule has 1 fully saturated rings. The molecule has 0 bridgehead atoms. The Hall–Kier alpha value is -0.740. The van der Waals surface area contributed by atoms with Crippen LogP contribution in [0.5, 0.6) is 0 Å². The maximum atomic E-state index is 11.4. The van der Waals surface area contributed by atoms with E-state index in [0.29, 0.717) is 6.42 Å². The Morgan fingerprint density at radius 2 is 1.69 bits per heavy atom. The van der Waals surface area contributed by atoms with Gasteiger partial charge in [-0.05, 0) is 12.8 Å². The van der Waals surface area contributed by atoms with Gasteiger partial charge >= 0.3 is 0 Å². The van der Waals surface area contributed by atoms with Crippen molar-refractivity contribution in [2.75, 3.05) is 6.61 Å². The van der Waals surface area contributed by atoms with Gasteiger partial charge in [-0.25, -0.2) is 0 Å². The van der Waals surface area contributed by atoms with Crippen LogP contribution in [0.15, 0.2) is 0 Å². The van der Waals surface area contributed by atoms with Crippen LogP contribution in [-0.4, -0.2) is 34.5 Å². The van der Waals surface area contributed by atoms with E-state index in [4.69, 9.17) is 5.11 Å². The summed E-state index contributed by atoms with van der Waals surface area (Å²) in [6.45, 7) is 0.228. The Morgan fingerprint density at radius 3 is 2.25 bits per heavy atom.